The van der Waals surface area contributed by atoms with Crippen LogP contribution < -0.4 is 11.1 Å². The molecule has 76 valence electrons. The van der Waals surface area contributed by atoms with E-state index in [1.807, 2.05) is 0 Å². The Morgan fingerprint density at radius 3 is 3.14 bits per heavy atom. The molecule has 0 radical (unpaired) electrons. The summed E-state index contributed by atoms with van der Waals surface area (Å²) >= 11 is 0. The second-order valence-corrected chi connectivity index (χ2v) is 2.78. The standard InChI is InChI=1S/C10H14N2O2/c11-6-2-7-12-10(13)5-4-9-3-1-8-14-9/h1,3-5,8H,2,6-7,11H2,(H,12,13). The van der Waals surface area contributed by atoms with Gasteiger partial charge in [0.2, 0.25) is 5.91 Å². The van der Waals surface area contributed by atoms with Gasteiger partial charge in [0, 0.05) is 12.6 Å². The van der Waals surface area contributed by atoms with Crippen LogP contribution in [0.4, 0.5) is 0 Å². The molecular weight excluding hydrogens is 180 g/mol. The lowest BCUT2D eigenvalue weighted by molar-refractivity contribution is -0.116. The normalized spacial score (nSPS) is 10.6. The first kappa shape index (κ1) is 10.5. The zero-order chi connectivity index (χ0) is 10.2. The maximum Gasteiger partial charge on any atom is 0.244 e. The fourth-order valence-electron chi connectivity index (χ4n) is 0.916. The summed E-state index contributed by atoms with van der Waals surface area (Å²) in [6, 6.07) is 3.55. The minimum Gasteiger partial charge on any atom is -0.465 e. The number of carbonyl (C=O) groups is 1. The second-order valence-electron chi connectivity index (χ2n) is 2.78. The predicted octanol–water partition coefficient (Wildman–Crippen LogP) is 0.758. The molecule has 0 atom stereocenters. The van der Waals surface area contributed by atoms with Crippen molar-refractivity contribution in [3.05, 3.63) is 30.2 Å². The van der Waals surface area contributed by atoms with Crippen molar-refractivity contribution >= 4 is 12.0 Å². The number of nitrogens with one attached hydrogen (secondary N) is 1. The highest BCUT2D eigenvalue weighted by Gasteiger charge is 1.94. The monoisotopic (exact) mass is 194 g/mol. The molecule has 14 heavy (non-hydrogen) atoms. The van der Waals surface area contributed by atoms with E-state index in [2.05, 4.69) is 5.32 Å². The Morgan fingerprint density at radius 1 is 1.64 bits per heavy atom. The van der Waals surface area contributed by atoms with Crippen molar-refractivity contribution in [2.24, 2.45) is 5.73 Å². The van der Waals surface area contributed by atoms with Crippen LogP contribution in [0.3, 0.4) is 0 Å². The van der Waals surface area contributed by atoms with E-state index in [0.717, 1.165) is 6.42 Å². The summed E-state index contributed by atoms with van der Waals surface area (Å²) in [6.07, 6.45) is 5.42. The summed E-state index contributed by atoms with van der Waals surface area (Å²) in [4.78, 5) is 11.1. The van der Waals surface area contributed by atoms with Gasteiger partial charge < -0.3 is 15.5 Å². The van der Waals surface area contributed by atoms with Gasteiger partial charge in [-0.05, 0) is 31.2 Å². The van der Waals surface area contributed by atoms with Crippen LogP contribution >= 0.6 is 0 Å². The molecule has 1 amide bonds. The molecule has 4 nitrogen and oxygen atoms in total. The Kier molecular flexibility index (Phi) is 4.50. The van der Waals surface area contributed by atoms with Gasteiger partial charge in [0.1, 0.15) is 5.76 Å². The van der Waals surface area contributed by atoms with E-state index in [-0.39, 0.29) is 5.91 Å². The van der Waals surface area contributed by atoms with Gasteiger partial charge in [-0.1, -0.05) is 0 Å². The highest BCUT2D eigenvalue weighted by atomic mass is 16.3. The van der Waals surface area contributed by atoms with Crippen LogP contribution in [-0.2, 0) is 4.79 Å². The van der Waals surface area contributed by atoms with Crippen LogP contribution in [0, 0.1) is 0 Å². The number of hydrogen-bond acceptors (Lipinski definition) is 3. The number of carbonyl (C=O) groups excluding carboxylic acids is 1. The van der Waals surface area contributed by atoms with Crippen LogP contribution in [0.15, 0.2) is 28.9 Å². The minimum atomic E-state index is -0.130. The minimum absolute atomic E-state index is 0.130. The molecule has 0 saturated carbocycles. The fourth-order valence-corrected chi connectivity index (χ4v) is 0.916. The molecule has 3 N–H and O–H groups in total. The van der Waals surface area contributed by atoms with E-state index in [0.29, 0.717) is 18.8 Å². The Hall–Kier alpha value is -1.55. The molecular formula is C10H14N2O2. The van der Waals surface area contributed by atoms with Crippen molar-refractivity contribution in [1.29, 1.82) is 0 Å². The zero-order valence-electron chi connectivity index (χ0n) is 7.90. The Bertz CT molecular complexity index is 291. The predicted molar refractivity (Wildman–Crippen MR) is 54.4 cm³/mol. The van der Waals surface area contributed by atoms with Crippen LogP contribution in [0.5, 0.6) is 0 Å². The average molecular weight is 194 g/mol. The highest BCUT2D eigenvalue weighted by Crippen LogP contribution is 2.01. The number of hydrogen-bond donors (Lipinski definition) is 2. The van der Waals surface area contributed by atoms with E-state index in [9.17, 15) is 4.79 Å². The molecule has 4 heteroatoms. The van der Waals surface area contributed by atoms with Gasteiger partial charge in [0.05, 0.1) is 6.26 Å². The summed E-state index contributed by atoms with van der Waals surface area (Å²) in [5.74, 6) is 0.536. The smallest absolute Gasteiger partial charge is 0.244 e. The number of rotatable bonds is 5. The second kappa shape index (κ2) is 5.99. The van der Waals surface area contributed by atoms with E-state index in [4.69, 9.17) is 10.2 Å². The summed E-state index contributed by atoms with van der Waals surface area (Å²) in [5, 5.41) is 2.70. The number of nitrogens with two attached hydrogens (primary N) is 1. The molecule has 0 aromatic carbocycles. The van der Waals surface area contributed by atoms with Crippen molar-refractivity contribution in [3.8, 4) is 0 Å². The van der Waals surface area contributed by atoms with Gasteiger partial charge >= 0.3 is 0 Å². The van der Waals surface area contributed by atoms with Crippen LogP contribution in [0.1, 0.15) is 12.2 Å². The summed E-state index contributed by atoms with van der Waals surface area (Å²) in [5.41, 5.74) is 5.28. The molecule has 0 fully saturated rings. The largest absolute Gasteiger partial charge is 0.465 e. The van der Waals surface area contributed by atoms with Crippen LogP contribution in [-0.4, -0.2) is 19.0 Å². The molecule has 1 aromatic rings. The molecule has 0 unspecified atom stereocenters. The van der Waals surface area contributed by atoms with Gasteiger partial charge in [-0.25, -0.2) is 0 Å². The molecule has 0 aliphatic carbocycles. The average Bonchev–Trinajstić information content (AvgIpc) is 2.68. The molecule has 1 rings (SSSR count). The fraction of sp³-hybridized carbons (Fsp3) is 0.300. The quantitative estimate of drug-likeness (QED) is 0.537. The van der Waals surface area contributed by atoms with E-state index < -0.39 is 0 Å². The lowest BCUT2D eigenvalue weighted by Crippen LogP contribution is -2.23. The van der Waals surface area contributed by atoms with Crippen LogP contribution in [0.25, 0.3) is 6.08 Å². The van der Waals surface area contributed by atoms with Gasteiger partial charge in [-0.15, -0.1) is 0 Å². The van der Waals surface area contributed by atoms with E-state index in [1.165, 1.54) is 6.08 Å². The molecule has 0 spiro atoms. The molecule has 0 aliphatic rings. The topological polar surface area (TPSA) is 68.3 Å². The summed E-state index contributed by atoms with van der Waals surface area (Å²) < 4.78 is 5.02. The molecule has 1 heterocycles. The Balaban J connectivity index is 2.26. The third kappa shape index (κ3) is 3.91. The van der Waals surface area contributed by atoms with Crippen LogP contribution in [0.2, 0.25) is 0 Å². The highest BCUT2D eigenvalue weighted by molar-refractivity contribution is 5.91. The first-order valence-electron chi connectivity index (χ1n) is 4.52. The molecule has 0 aliphatic heterocycles. The van der Waals surface area contributed by atoms with Gasteiger partial charge in [0.25, 0.3) is 0 Å². The summed E-state index contributed by atoms with van der Waals surface area (Å²) in [7, 11) is 0. The lowest BCUT2D eigenvalue weighted by Gasteiger charge is -1.98. The van der Waals surface area contributed by atoms with Gasteiger partial charge in [0.15, 0.2) is 0 Å². The van der Waals surface area contributed by atoms with Crippen molar-refractivity contribution in [1.82, 2.24) is 5.32 Å². The van der Waals surface area contributed by atoms with E-state index >= 15 is 0 Å². The van der Waals surface area contributed by atoms with Gasteiger partial charge in [-0.3, -0.25) is 4.79 Å². The molecule has 0 bridgehead atoms. The third-order valence-electron chi connectivity index (χ3n) is 1.62. The van der Waals surface area contributed by atoms with E-state index in [1.54, 1.807) is 24.5 Å². The van der Waals surface area contributed by atoms with Crippen molar-refractivity contribution < 1.29 is 9.21 Å². The molecule has 1 aromatic heterocycles. The number of furan rings is 1. The first-order valence-corrected chi connectivity index (χ1v) is 4.52. The third-order valence-corrected chi connectivity index (χ3v) is 1.62. The maximum absolute atomic E-state index is 11.1. The number of amides is 1. The SMILES string of the molecule is NCCCNC(=O)C=Cc1ccco1. The Morgan fingerprint density at radius 2 is 2.50 bits per heavy atom. The Labute approximate surface area is 82.8 Å². The van der Waals surface area contributed by atoms with Crippen molar-refractivity contribution in [3.63, 3.8) is 0 Å². The van der Waals surface area contributed by atoms with Crippen molar-refractivity contribution in [2.45, 2.75) is 6.42 Å². The first-order chi connectivity index (χ1) is 6.83. The zero-order valence-corrected chi connectivity index (χ0v) is 7.90. The molecule has 0 saturated heterocycles. The van der Waals surface area contributed by atoms with Crippen molar-refractivity contribution in [2.75, 3.05) is 13.1 Å². The maximum atomic E-state index is 11.1. The summed E-state index contributed by atoms with van der Waals surface area (Å²) in [6.45, 7) is 1.19. The van der Waals surface area contributed by atoms with Gasteiger partial charge in [-0.2, -0.15) is 0 Å². The lowest BCUT2D eigenvalue weighted by atomic mass is 10.3.